The second kappa shape index (κ2) is 5.42. The van der Waals surface area contributed by atoms with Gasteiger partial charge in [-0.15, -0.1) is 5.10 Å². The van der Waals surface area contributed by atoms with Gasteiger partial charge in [-0.3, -0.25) is 0 Å². The van der Waals surface area contributed by atoms with E-state index in [0.29, 0.717) is 11.7 Å². The fourth-order valence-electron chi connectivity index (χ4n) is 2.19. The summed E-state index contributed by atoms with van der Waals surface area (Å²) in [6.07, 6.45) is 2.33. The summed E-state index contributed by atoms with van der Waals surface area (Å²) in [5.74, 6) is 0.886. The summed E-state index contributed by atoms with van der Waals surface area (Å²) >= 11 is 0. The van der Waals surface area contributed by atoms with Crippen molar-refractivity contribution in [3.63, 3.8) is 0 Å². The zero-order valence-corrected chi connectivity index (χ0v) is 10.5. The Bertz CT molecular complexity index is 346. The lowest BCUT2D eigenvalue weighted by Crippen LogP contribution is -2.42. The summed E-state index contributed by atoms with van der Waals surface area (Å²) in [4.78, 5) is 4.55. The molecule has 1 aromatic rings. The molecule has 0 radical (unpaired) electrons. The highest BCUT2D eigenvalue weighted by molar-refractivity contribution is 5.37. The number of piperidine rings is 1. The number of aromatic nitrogens is 2. The van der Waals surface area contributed by atoms with Crippen LogP contribution in [0.25, 0.3) is 0 Å². The van der Waals surface area contributed by atoms with Crippen molar-refractivity contribution in [3.05, 3.63) is 17.8 Å². The van der Waals surface area contributed by atoms with Crippen LogP contribution in [-0.2, 0) is 6.61 Å². The number of nitrogens with zero attached hydrogens (tertiary/aromatic N) is 4. The van der Waals surface area contributed by atoms with Crippen LogP contribution >= 0.6 is 0 Å². The second-order valence-corrected chi connectivity index (χ2v) is 4.69. The topological polar surface area (TPSA) is 52.5 Å². The van der Waals surface area contributed by atoms with Crippen LogP contribution in [-0.4, -0.2) is 53.4 Å². The molecular formula is C12H20N4O. The SMILES string of the molecule is CN1CCC(N(C)c2ccc(CO)nn2)CC1. The Morgan fingerprint density at radius 3 is 2.59 bits per heavy atom. The molecule has 5 nitrogen and oxygen atoms in total. The summed E-state index contributed by atoms with van der Waals surface area (Å²) in [5.41, 5.74) is 0.616. The van der Waals surface area contributed by atoms with E-state index in [2.05, 4.69) is 34.1 Å². The van der Waals surface area contributed by atoms with Crippen LogP contribution in [0.1, 0.15) is 18.5 Å². The van der Waals surface area contributed by atoms with Gasteiger partial charge in [-0.05, 0) is 45.1 Å². The van der Waals surface area contributed by atoms with Gasteiger partial charge in [-0.25, -0.2) is 0 Å². The maximum Gasteiger partial charge on any atom is 0.151 e. The van der Waals surface area contributed by atoms with Crippen molar-refractivity contribution in [2.75, 3.05) is 32.1 Å². The number of rotatable bonds is 3. The Balaban J connectivity index is 2.00. The highest BCUT2D eigenvalue weighted by Gasteiger charge is 2.21. The van der Waals surface area contributed by atoms with Crippen molar-refractivity contribution in [2.45, 2.75) is 25.5 Å². The molecule has 17 heavy (non-hydrogen) atoms. The number of hydrogen-bond acceptors (Lipinski definition) is 5. The Morgan fingerprint density at radius 2 is 2.06 bits per heavy atom. The van der Waals surface area contributed by atoms with Gasteiger partial charge >= 0.3 is 0 Å². The lowest BCUT2D eigenvalue weighted by molar-refractivity contribution is 0.252. The highest BCUT2D eigenvalue weighted by Crippen LogP contribution is 2.19. The number of aliphatic hydroxyl groups is 1. The van der Waals surface area contributed by atoms with Gasteiger partial charge in [0, 0.05) is 13.1 Å². The van der Waals surface area contributed by atoms with Crippen molar-refractivity contribution in [3.8, 4) is 0 Å². The monoisotopic (exact) mass is 236 g/mol. The maximum absolute atomic E-state index is 8.92. The minimum atomic E-state index is -0.0504. The van der Waals surface area contributed by atoms with Crippen molar-refractivity contribution >= 4 is 5.82 Å². The van der Waals surface area contributed by atoms with Crippen molar-refractivity contribution in [1.29, 1.82) is 0 Å². The molecule has 1 aromatic heterocycles. The van der Waals surface area contributed by atoms with Crippen molar-refractivity contribution < 1.29 is 5.11 Å². The highest BCUT2D eigenvalue weighted by atomic mass is 16.3. The van der Waals surface area contributed by atoms with Gasteiger partial charge in [-0.2, -0.15) is 5.10 Å². The van der Waals surface area contributed by atoms with E-state index >= 15 is 0 Å². The number of likely N-dealkylation sites (tertiary alicyclic amines) is 1. The summed E-state index contributed by atoms with van der Waals surface area (Å²) in [5, 5.41) is 17.0. The summed E-state index contributed by atoms with van der Waals surface area (Å²) in [7, 11) is 4.23. The third kappa shape index (κ3) is 2.92. The van der Waals surface area contributed by atoms with E-state index < -0.39 is 0 Å². The molecule has 5 heteroatoms. The van der Waals surface area contributed by atoms with E-state index in [0.717, 1.165) is 31.7 Å². The first-order valence-electron chi connectivity index (χ1n) is 6.05. The zero-order chi connectivity index (χ0) is 12.3. The Kier molecular flexibility index (Phi) is 3.91. The Morgan fingerprint density at radius 1 is 1.35 bits per heavy atom. The summed E-state index contributed by atoms with van der Waals surface area (Å²) in [6.45, 7) is 2.22. The fraction of sp³-hybridized carbons (Fsp3) is 0.667. The zero-order valence-electron chi connectivity index (χ0n) is 10.5. The molecular weight excluding hydrogens is 216 g/mol. The van der Waals surface area contributed by atoms with Crippen LogP contribution in [0, 0.1) is 0 Å². The van der Waals surface area contributed by atoms with E-state index in [-0.39, 0.29) is 6.61 Å². The van der Waals surface area contributed by atoms with Crippen LogP contribution in [0.3, 0.4) is 0 Å². The molecule has 1 saturated heterocycles. The molecule has 0 aliphatic carbocycles. The number of anilines is 1. The fourth-order valence-corrected chi connectivity index (χ4v) is 2.19. The van der Waals surface area contributed by atoms with Crippen LogP contribution in [0.5, 0.6) is 0 Å². The van der Waals surface area contributed by atoms with Gasteiger partial charge in [-0.1, -0.05) is 0 Å². The van der Waals surface area contributed by atoms with Crippen LogP contribution in [0.4, 0.5) is 5.82 Å². The van der Waals surface area contributed by atoms with Crippen LogP contribution < -0.4 is 4.90 Å². The number of hydrogen-bond donors (Lipinski definition) is 1. The molecule has 1 fully saturated rings. The molecule has 0 bridgehead atoms. The standard InChI is InChI=1S/C12H20N4O/c1-15-7-5-11(6-8-15)16(2)12-4-3-10(9-17)13-14-12/h3-4,11,17H,5-9H2,1-2H3. The third-order valence-corrected chi connectivity index (χ3v) is 3.46. The van der Waals surface area contributed by atoms with Crippen LogP contribution in [0.15, 0.2) is 12.1 Å². The average Bonchev–Trinajstić information content (AvgIpc) is 2.39. The van der Waals surface area contributed by atoms with Crippen LogP contribution in [0.2, 0.25) is 0 Å². The van der Waals surface area contributed by atoms with E-state index in [1.54, 1.807) is 0 Å². The van der Waals surface area contributed by atoms with Gasteiger partial charge in [0.2, 0.25) is 0 Å². The maximum atomic E-state index is 8.92. The summed E-state index contributed by atoms with van der Waals surface area (Å²) < 4.78 is 0. The molecule has 2 heterocycles. The predicted molar refractivity (Wildman–Crippen MR) is 66.9 cm³/mol. The van der Waals surface area contributed by atoms with E-state index in [4.69, 9.17) is 5.11 Å². The van der Waals surface area contributed by atoms with Gasteiger partial charge in [0.25, 0.3) is 0 Å². The molecule has 1 aliphatic heterocycles. The first kappa shape index (κ1) is 12.3. The first-order valence-corrected chi connectivity index (χ1v) is 6.05. The molecule has 0 amide bonds. The quantitative estimate of drug-likeness (QED) is 0.828. The molecule has 0 saturated carbocycles. The molecule has 0 aromatic carbocycles. The molecule has 2 rings (SSSR count). The minimum Gasteiger partial charge on any atom is -0.390 e. The molecule has 0 unspecified atom stereocenters. The first-order chi connectivity index (χ1) is 8.20. The smallest absolute Gasteiger partial charge is 0.151 e. The normalized spacial score (nSPS) is 18.3. The Hall–Kier alpha value is -1.20. The molecule has 0 spiro atoms. The van der Waals surface area contributed by atoms with E-state index in [1.807, 2.05) is 12.1 Å². The van der Waals surface area contributed by atoms with Gasteiger partial charge < -0.3 is 14.9 Å². The molecule has 1 N–H and O–H groups in total. The molecule has 94 valence electrons. The van der Waals surface area contributed by atoms with E-state index in [9.17, 15) is 0 Å². The Labute approximate surface area is 102 Å². The largest absolute Gasteiger partial charge is 0.390 e. The summed E-state index contributed by atoms with van der Waals surface area (Å²) in [6, 6.07) is 4.30. The average molecular weight is 236 g/mol. The van der Waals surface area contributed by atoms with Gasteiger partial charge in [0.05, 0.1) is 12.3 Å². The predicted octanol–water partition coefficient (Wildman–Crippen LogP) is 0.499. The lowest BCUT2D eigenvalue weighted by Gasteiger charge is -2.35. The van der Waals surface area contributed by atoms with E-state index in [1.165, 1.54) is 0 Å². The van der Waals surface area contributed by atoms with Gasteiger partial charge in [0.15, 0.2) is 5.82 Å². The lowest BCUT2D eigenvalue weighted by atomic mass is 10.0. The minimum absolute atomic E-state index is 0.0504. The number of aliphatic hydroxyl groups excluding tert-OH is 1. The molecule has 1 aliphatic rings. The van der Waals surface area contributed by atoms with Crippen molar-refractivity contribution in [1.82, 2.24) is 15.1 Å². The third-order valence-electron chi connectivity index (χ3n) is 3.46. The van der Waals surface area contributed by atoms with Crippen molar-refractivity contribution in [2.24, 2.45) is 0 Å². The second-order valence-electron chi connectivity index (χ2n) is 4.69. The molecule has 0 atom stereocenters. The van der Waals surface area contributed by atoms with Gasteiger partial charge in [0.1, 0.15) is 0 Å².